The molecule has 0 aliphatic rings. The van der Waals surface area contributed by atoms with Gasteiger partial charge in [-0.05, 0) is 12.8 Å². The molecule has 10 heteroatoms. The summed E-state index contributed by atoms with van der Waals surface area (Å²) in [4.78, 5) is 26.7. The zero-order valence-electron chi connectivity index (χ0n) is 8.03. The molecule has 0 aromatic heterocycles. The van der Waals surface area contributed by atoms with Crippen molar-refractivity contribution >= 4 is 13.7 Å². The van der Waals surface area contributed by atoms with Gasteiger partial charge < -0.3 is 15.1 Å². The van der Waals surface area contributed by atoms with Crippen molar-refractivity contribution in [3.8, 4) is 0 Å². The summed E-state index contributed by atoms with van der Waals surface area (Å²) in [5, 5.41) is 1.61. The Morgan fingerprint density at radius 3 is 2.31 bits per heavy atom. The first kappa shape index (κ1) is 15.4. The number of phosphoric ester groups is 1. The lowest BCUT2D eigenvalue weighted by Gasteiger charge is -2.08. The average Bonchev–Trinajstić information content (AvgIpc) is 2.07. The second-order valence-corrected chi connectivity index (χ2v) is 4.02. The van der Waals surface area contributed by atoms with Crippen LogP contribution in [0.25, 0.3) is 0 Å². The lowest BCUT2D eigenvalue weighted by atomic mass is 10.3. The molecule has 0 aliphatic heterocycles. The summed E-state index contributed by atoms with van der Waals surface area (Å²) in [5.74, 6) is -2.04. The highest BCUT2D eigenvalue weighted by molar-refractivity contribution is 7.46. The lowest BCUT2D eigenvalue weighted by molar-refractivity contribution is -0.173. The summed E-state index contributed by atoms with van der Waals surface area (Å²) in [7, 11) is -4.53. The number of hydrogen-bond acceptors (Lipinski definition) is 3. The number of phosphoric acid groups is 1. The first-order chi connectivity index (χ1) is 7.13. The predicted molar refractivity (Wildman–Crippen MR) is 46.3 cm³/mol. The van der Waals surface area contributed by atoms with Gasteiger partial charge in [-0.15, -0.1) is 0 Å². The molecule has 0 aromatic rings. The fourth-order valence-electron chi connectivity index (χ4n) is 0.713. The number of nitrogens with one attached hydrogen (secondary N) is 1. The van der Waals surface area contributed by atoms with E-state index >= 15 is 0 Å². The fourth-order valence-corrected chi connectivity index (χ4v) is 1.08. The second-order valence-electron chi connectivity index (χ2n) is 2.78. The standard InChI is InChI=1S/C6H11F3NO5P/c7-6(8,9)5(11)10-3-1-2-4-15-16(12,13)14/h1-4H2,(H,10,11)(H2,12,13,14). The van der Waals surface area contributed by atoms with Gasteiger partial charge in [-0.2, -0.15) is 13.2 Å². The Labute approximate surface area is 89.0 Å². The first-order valence-corrected chi connectivity index (χ1v) is 5.71. The molecule has 0 saturated heterocycles. The van der Waals surface area contributed by atoms with E-state index in [1.165, 1.54) is 0 Å². The van der Waals surface area contributed by atoms with Crippen molar-refractivity contribution in [1.29, 1.82) is 0 Å². The van der Waals surface area contributed by atoms with Gasteiger partial charge in [-0.1, -0.05) is 0 Å². The molecular formula is C6H11F3NO5P. The second kappa shape index (κ2) is 6.19. The minimum atomic E-state index is -4.91. The van der Waals surface area contributed by atoms with E-state index in [9.17, 15) is 22.5 Å². The van der Waals surface area contributed by atoms with Crippen LogP contribution in [0.5, 0.6) is 0 Å². The molecule has 0 radical (unpaired) electrons. The van der Waals surface area contributed by atoms with Crippen molar-refractivity contribution in [3.05, 3.63) is 0 Å². The van der Waals surface area contributed by atoms with E-state index in [1.54, 1.807) is 5.32 Å². The maximum atomic E-state index is 11.6. The summed E-state index contributed by atoms with van der Waals surface area (Å²) in [6, 6.07) is 0. The van der Waals surface area contributed by atoms with Gasteiger partial charge in [0, 0.05) is 6.54 Å². The Hall–Kier alpha value is -0.630. The Kier molecular flexibility index (Phi) is 5.95. The van der Waals surface area contributed by atoms with Crippen LogP contribution < -0.4 is 5.32 Å². The largest absolute Gasteiger partial charge is 0.471 e. The van der Waals surface area contributed by atoms with Crippen LogP contribution in [0.2, 0.25) is 0 Å². The summed E-state index contributed by atoms with van der Waals surface area (Å²) in [6.45, 7) is -0.519. The van der Waals surface area contributed by atoms with E-state index in [0.29, 0.717) is 0 Å². The van der Waals surface area contributed by atoms with Gasteiger partial charge in [-0.25, -0.2) is 4.57 Å². The molecule has 96 valence electrons. The van der Waals surface area contributed by atoms with E-state index in [-0.39, 0.29) is 26.0 Å². The van der Waals surface area contributed by atoms with Crippen molar-refractivity contribution in [1.82, 2.24) is 5.32 Å². The maximum absolute atomic E-state index is 11.6. The molecule has 16 heavy (non-hydrogen) atoms. The van der Waals surface area contributed by atoms with Gasteiger partial charge in [0.25, 0.3) is 0 Å². The minimum Gasteiger partial charge on any atom is -0.348 e. The molecule has 0 heterocycles. The van der Waals surface area contributed by atoms with Gasteiger partial charge in [-0.3, -0.25) is 9.32 Å². The highest BCUT2D eigenvalue weighted by Crippen LogP contribution is 2.35. The summed E-state index contributed by atoms with van der Waals surface area (Å²) in [6.07, 6.45) is -4.66. The van der Waals surface area contributed by atoms with E-state index in [1.807, 2.05) is 0 Å². The summed E-state index contributed by atoms with van der Waals surface area (Å²) >= 11 is 0. The third kappa shape index (κ3) is 8.66. The number of halogens is 3. The molecule has 0 atom stereocenters. The molecule has 0 saturated carbocycles. The normalized spacial score (nSPS) is 12.6. The van der Waals surface area contributed by atoms with Crippen LogP contribution in [-0.4, -0.2) is 35.0 Å². The van der Waals surface area contributed by atoms with Gasteiger partial charge in [0.1, 0.15) is 0 Å². The third-order valence-corrected chi connectivity index (χ3v) is 1.89. The number of alkyl halides is 3. The number of unbranched alkanes of at least 4 members (excludes halogenated alkanes) is 1. The monoisotopic (exact) mass is 265 g/mol. The van der Waals surface area contributed by atoms with Crippen LogP contribution in [-0.2, 0) is 13.9 Å². The zero-order valence-corrected chi connectivity index (χ0v) is 8.92. The Morgan fingerprint density at radius 2 is 1.88 bits per heavy atom. The van der Waals surface area contributed by atoms with E-state index in [4.69, 9.17) is 9.79 Å². The SMILES string of the molecule is O=C(NCCCCOP(=O)(O)O)C(F)(F)F. The molecule has 0 aliphatic carbocycles. The number of carbonyl (C=O) groups is 1. The third-order valence-electron chi connectivity index (χ3n) is 1.37. The Balaban J connectivity index is 3.49. The van der Waals surface area contributed by atoms with Crippen molar-refractivity contribution in [2.75, 3.05) is 13.2 Å². The molecule has 0 rings (SSSR count). The van der Waals surface area contributed by atoms with E-state index in [0.717, 1.165) is 0 Å². The number of rotatable bonds is 6. The molecular weight excluding hydrogens is 254 g/mol. The van der Waals surface area contributed by atoms with Gasteiger partial charge >= 0.3 is 19.9 Å². The topological polar surface area (TPSA) is 95.9 Å². The number of hydrogen-bond donors (Lipinski definition) is 3. The van der Waals surface area contributed by atoms with Crippen molar-refractivity contribution in [3.63, 3.8) is 0 Å². The van der Waals surface area contributed by atoms with E-state index < -0.39 is 19.9 Å². The first-order valence-electron chi connectivity index (χ1n) is 4.18. The molecule has 0 spiro atoms. The van der Waals surface area contributed by atoms with Gasteiger partial charge in [0.05, 0.1) is 6.61 Å². The maximum Gasteiger partial charge on any atom is 0.471 e. The quantitative estimate of drug-likeness (QED) is 0.481. The average molecular weight is 265 g/mol. The Morgan fingerprint density at radius 1 is 1.31 bits per heavy atom. The van der Waals surface area contributed by atoms with Crippen LogP contribution in [0.15, 0.2) is 0 Å². The van der Waals surface area contributed by atoms with Crippen LogP contribution in [0.1, 0.15) is 12.8 Å². The van der Waals surface area contributed by atoms with Crippen molar-refractivity contribution in [2.24, 2.45) is 0 Å². The molecule has 0 fully saturated rings. The van der Waals surface area contributed by atoms with Gasteiger partial charge in [0.2, 0.25) is 0 Å². The predicted octanol–water partition coefficient (Wildman–Crippen LogP) is 0.554. The van der Waals surface area contributed by atoms with E-state index in [2.05, 4.69) is 4.52 Å². The Bertz CT molecular complexity index is 276. The number of carbonyl (C=O) groups excluding carboxylic acids is 1. The van der Waals surface area contributed by atoms with Gasteiger partial charge in [0.15, 0.2) is 0 Å². The molecule has 0 aromatic carbocycles. The molecule has 0 unspecified atom stereocenters. The zero-order chi connectivity index (χ0) is 12.8. The van der Waals surface area contributed by atoms with Crippen LogP contribution >= 0.6 is 7.82 Å². The highest BCUT2D eigenvalue weighted by atomic mass is 31.2. The fraction of sp³-hybridized carbons (Fsp3) is 0.833. The molecule has 6 nitrogen and oxygen atoms in total. The summed E-state index contributed by atoms with van der Waals surface area (Å²) in [5.41, 5.74) is 0. The van der Waals surface area contributed by atoms with Crippen LogP contribution in [0.4, 0.5) is 13.2 Å². The molecule has 0 bridgehead atoms. The smallest absolute Gasteiger partial charge is 0.348 e. The molecule has 1 amide bonds. The van der Waals surface area contributed by atoms with Crippen LogP contribution in [0.3, 0.4) is 0 Å². The number of amides is 1. The molecule has 3 N–H and O–H groups in total. The highest BCUT2D eigenvalue weighted by Gasteiger charge is 2.38. The summed E-state index contributed by atoms with van der Waals surface area (Å²) < 4.78 is 49.1. The van der Waals surface area contributed by atoms with Crippen molar-refractivity contribution in [2.45, 2.75) is 19.0 Å². The lowest BCUT2D eigenvalue weighted by Crippen LogP contribution is -2.37. The van der Waals surface area contributed by atoms with Crippen molar-refractivity contribution < 1.29 is 36.8 Å². The minimum absolute atomic E-state index is 0.127. The van der Waals surface area contributed by atoms with Crippen LogP contribution in [0, 0.1) is 0 Å².